The normalized spacial score (nSPS) is 16.8. The lowest BCUT2D eigenvalue weighted by Gasteiger charge is -2.33. The van der Waals surface area contributed by atoms with E-state index in [4.69, 9.17) is 9.15 Å². The second kappa shape index (κ2) is 8.22. The summed E-state index contributed by atoms with van der Waals surface area (Å²) in [7, 11) is 0. The van der Waals surface area contributed by atoms with Gasteiger partial charge in [0.15, 0.2) is 5.76 Å². The van der Waals surface area contributed by atoms with Gasteiger partial charge in [-0.1, -0.05) is 42.5 Å². The summed E-state index contributed by atoms with van der Waals surface area (Å²) >= 11 is 0. The van der Waals surface area contributed by atoms with E-state index in [9.17, 15) is 9.18 Å². The van der Waals surface area contributed by atoms with Crippen molar-refractivity contribution < 1.29 is 18.3 Å². The Bertz CT molecular complexity index is 928. The molecule has 2 amide bonds. The summed E-state index contributed by atoms with van der Waals surface area (Å²) in [5.41, 5.74) is 1.78. The maximum atomic E-state index is 13.1. The fraction of sp³-hybridized carbons (Fsp3) is 0.238. The average Bonchev–Trinajstić information content (AvgIpc) is 3.22. The number of halogens is 1. The van der Waals surface area contributed by atoms with Crippen molar-refractivity contribution in [2.75, 3.05) is 19.7 Å². The van der Waals surface area contributed by atoms with E-state index in [1.54, 1.807) is 23.2 Å². The Morgan fingerprint density at radius 3 is 2.75 bits per heavy atom. The molecule has 0 unspecified atom stereocenters. The average molecular weight is 381 g/mol. The summed E-state index contributed by atoms with van der Waals surface area (Å²) in [6.45, 7) is 1.51. The summed E-state index contributed by atoms with van der Waals surface area (Å²) in [5.74, 6) is 0.804. The molecule has 4 rings (SSSR count). The van der Waals surface area contributed by atoms with E-state index in [1.165, 1.54) is 12.1 Å². The molecule has 0 saturated carbocycles. The van der Waals surface area contributed by atoms with E-state index in [0.29, 0.717) is 31.3 Å². The molecule has 0 radical (unpaired) electrons. The second-order valence-electron chi connectivity index (χ2n) is 6.50. The third-order valence-corrected chi connectivity index (χ3v) is 4.60. The van der Waals surface area contributed by atoms with Gasteiger partial charge in [0.05, 0.1) is 25.9 Å². The number of carbonyl (C=O) groups is 1. The molecule has 1 aromatic heterocycles. The highest BCUT2D eigenvalue weighted by Crippen LogP contribution is 2.23. The van der Waals surface area contributed by atoms with Crippen LogP contribution in [0.15, 0.2) is 65.2 Å². The van der Waals surface area contributed by atoms with E-state index < -0.39 is 0 Å². The van der Waals surface area contributed by atoms with E-state index >= 15 is 0 Å². The quantitative estimate of drug-likeness (QED) is 0.747. The number of nitrogens with one attached hydrogen (secondary N) is 1. The van der Waals surface area contributed by atoms with Crippen molar-refractivity contribution in [1.82, 2.24) is 15.2 Å². The monoisotopic (exact) mass is 381 g/mol. The molecule has 7 heteroatoms. The number of hydrogen-bond donors (Lipinski definition) is 1. The number of hydrogen-bond acceptors (Lipinski definition) is 4. The highest BCUT2D eigenvalue weighted by atomic mass is 19.1. The third-order valence-electron chi connectivity index (χ3n) is 4.60. The Kier molecular flexibility index (Phi) is 5.34. The molecule has 3 aromatic rings. The molecule has 2 aromatic carbocycles. The molecular weight excluding hydrogens is 361 g/mol. The number of oxazole rings is 1. The molecule has 1 aliphatic rings. The van der Waals surface area contributed by atoms with Crippen LogP contribution in [0.2, 0.25) is 0 Å². The minimum atomic E-state index is -0.296. The smallest absolute Gasteiger partial charge is 0.318 e. The fourth-order valence-electron chi connectivity index (χ4n) is 3.10. The van der Waals surface area contributed by atoms with Gasteiger partial charge in [0, 0.05) is 12.1 Å². The molecule has 144 valence electrons. The Hall–Kier alpha value is -3.19. The largest absolute Gasteiger partial charge is 0.439 e. The van der Waals surface area contributed by atoms with Crippen LogP contribution in [-0.2, 0) is 11.3 Å². The van der Waals surface area contributed by atoms with Gasteiger partial charge in [0.2, 0.25) is 5.89 Å². The predicted octanol–water partition coefficient (Wildman–Crippen LogP) is 3.76. The van der Waals surface area contributed by atoms with Crippen molar-refractivity contribution in [2.24, 2.45) is 0 Å². The van der Waals surface area contributed by atoms with Crippen LogP contribution < -0.4 is 5.32 Å². The summed E-state index contributed by atoms with van der Waals surface area (Å²) in [6, 6.07) is 15.6. The van der Waals surface area contributed by atoms with Gasteiger partial charge in [-0.2, -0.15) is 0 Å². The number of nitrogens with zero attached hydrogens (tertiary/aromatic N) is 2. The lowest BCUT2D eigenvalue weighted by atomic mass is 10.1. The van der Waals surface area contributed by atoms with Gasteiger partial charge < -0.3 is 19.4 Å². The van der Waals surface area contributed by atoms with Crippen molar-refractivity contribution >= 4 is 6.03 Å². The van der Waals surface area contributed by atoms with Crippen LogP contribution in [-0.4, -0.2) is 35.6 Å². The molecule has 1 atom stereocenters. The van der Waals surface area contributed by atoms with Gasteiger partial charge in [-0.3, -0.25) is 0 Å². The Morgan fingerprint density at radius 2 is 1.96 bits per heavy atom. The van der Waals surface area contributed by atoms with Gasteiger partial charge in [-0.15, -0.1) is 0 Å². The molecule has 1 N–H and O–H groups in total. The Morgan fingerprint density at radius 1 is 1.18 bits per heavy atom. The van der Waals surface area contributed by atoms with E-state index in [2.05, 4.69) is 10.3 Å². The standard InChI is InChI=1S/C21H20FN3O3/c22-17-8-6-16(7-9-17)19-14-25(10-11-27-19)21(26)24-13-20-23-12-18(28-20)15-4-2-1-3-5-15/h1-9,12,19H,10-11,13-14H2,(H,24,26)/t19-/m0/s1. The molecule has 2 heterocycles. The van der Waals surface area contributed by atoms with Gasteiger partial charge in [0.1, 0.15) is 11.9 Å². The molecule has 1 aliphatic heterocycles. The molecule has 0 bridgehead atoms. The number of aromatic nitrogens is 1. The lowest BCUT2D eigenvalue weighted by Crippen LogP contribution is -2.47. The number of ether oxygens (including phenoxy) is 1. The Balaban J connectivity index is 1.33. The van der Waals surface area contributed by atoms with Crippen LogP contribution in [0.3, 0.4) is 0 Å². The van der Waals surface area contributed by atoms with Crippen LogP contribution in [0.5, 0.6) is 0 Å². The summed E-state index contributed by atoms with van der Waals surface area (Å²) in [6.07, 6.45) is 1.38. The van der Waals surface area contributed by atoms with E-state index in [0.717, 1.165) is 11.1 Å². The molecular formula is C21H20FN3O3. The zero-order valence-electron chi connectivity index (χ0n) is 15.2. The second-order valence-corrected chi connectivity index (χ2v) is 6.50. The van der Waals surface area contributed by atoms with Gasteiger partial charge in [0.25, 0.3) is 0 Å². The van der Waals surface area contributed by atoms with Crippen LogP contribution >= 0.6 is 0 Å². The molecule has 1 saturated heterocycles. The van der Waals surface area contributed by atoms with Gasteiger partial charge in [-0.25, -0.2) is 14.2 Å². The minimum Gasteiger partial charge on any atom is -0.439 e. The van der Waals surface area contributed by atoms with E-state index in [1.807, 2.05) is 30.3 Å². The highest BCUT2D eigenvalue weighted by molar-refractivity contribution is 5.74. The first kappa shape index (κ1) is 18.2. The van der Waals surface area contributed by atoms with Crippen molar-refractivity contribution in [2.45, 2.75) is 12.6 Å². The van der Waals surface area contributed by atoms with Gasteiger partial charge in [-0.05, 0) is 17.7 Å². The fourth-order valence-corrected chi connectivity index (χ4v) is 3.10. The minimum absolute atomic E-state index is 0.199. The first-order valence-electron chi connectivity index (χ1n) is 9.09. The maximum absolute atomic E-state index is 13.1. The van der Waals surface area contributed by atoms with E-state index in [-0.39, 0.29) is 24.5 Å². The molecule has 0 spiro atoms. The van der Waals surface area contributed by atoms with Crippen molar-refractivity contribution in [3.05, 3.63) is 78.1 Å². The van der Waals surface area contributed by atoms with Gasteiger partial charge >= 0.3 is 6.03 Å². The topological polar surface area (TPSA) is 67.6 Å². The van der Waals surface area contributed by atoms with Crippen LogP contribution in [0.25, 0.3) is 11.3 Å². The molecule has 6 nitrogen and oxygen atoms in total. The summed E-state index contributed by atoms with van der Waals surface area (Å²) < 4.78 is 24.5. The number of urea groups is 1. The number of benzene rings is 2. The lowest BCUT2D eigenvalue weighted by molar-refractivity contribution is -0.0155. The molecule has 0 aliphatic carbocycles. The zero-order chi connectivity index (χ0) is 19.3. The number of morpholine rings is 1. The van der Waals surface area contributed by atoms with Crippen molar-refractivity contribution in [1.29, 1.82) is 0 Å². The highest BCUT2D eigenvalue weighted by Gasteiger charge is 2.25. The zero-order valence-corrected chi connectivity index (χ0v) is 15.2. The first-order chi connectivity index (χ1) is 13.7. The van der Waals surface area contributed by atoms with Crippen molar-refractivity contribution in [3.63, 3.8) is 0 Å². The summed E-state index contributed by atoms with van der Waals surface area (Å²) in [5, 5.41) is 2.83. The third kappa shape index (κ3) is 4.20. The summed E-state index contributed by atoms with van der Waals surface area (Å²) in [4.78, 5) is 18.4. The molecule has 1 fully saturated rings. The predicted molar refractivity (Wildman–Crippen MR) is 101 cm³/mol. The van der Waals surface area contributed by atoms with Crippen LogP contribution in [0.1, 0.15) is 17.6 Å². The molecule has 28 heavy (non-hydrogen) atoms. The first-order valence-corrected chi connectivity index (χ1v) is 9.09. The number of rotatable bonds is 4. The van der Waals surface area contributed by atoms with Crippen LogP contribution in [0.4, 0.5) is 9.18 Å². The van der Waals surface area contributed by atoms with Crippen molar-refractivity contribution in [3.8, 4) is 11.3 Å². The SMILES string of the molecule is O=C(NCc1ncc(-c2ccccc2)o1)N1CCO[C@H](c2ccc(F)cc2)C1. The maximum Gasteiger partial charge on any atom is 0.318 e. The number of amides is 2. The Labute approximate surface area is 161 Å². The number of carbonyl (C=O) groups excluding carboxylic acids is 1. The van der Waals surface area contributed by atoms with Crippen LogP contribution in [0, 0.1) is 5.82 Å².